The first-order valence-electron chi connectivity index (χ1n) is 7.24. The summed E-state index contributed by atoms with van der Waals surface area (Å²) in [5, 5.41) is 7.98. The van der Waals surface area contributed by atoms with Gasteiger partial charge in [-0.15, -0.1) is 0 Å². The number of hydrogen-bond acceptors (Lipinski definition) is 4. The Balaban J connectivity index is 2.50. The van der Waals surface area contributed by atoms with Crippen LogP contribution in [0.3, 0.4) is 0 Å². The summed E-state index contributed by atoms with van der Waals surface area (Å²) < 4.78 is 1.98. The number of likely N-dealkylation sites (N-methyl/N-ethyl adjacent to an activating group) is 1. The van der Waals surface area contributed by atoms with E-state index in [0.717, 1.165) is 37.3 Å². The highest BCUT2D eigenvalue weighted by Gasteiger charge is 2.16. The molecule has 0 aliphatic carbocycles. The normalized spacial score (nSPS) is 11.0. The zero-order valence-electron chi connectivity index (χ0n) is 12.8. The standard InChI is InChI=1S/C15H23N5/c1-5-13-12(7-8-16-4)14(6-2)20(19-13)15-9-11(3)17-10-18-15/h9-10,16H,5-8H2,1-4H3. The lowest BCUT2D eigenvalue weighted by atomic mass is 10.1. The number of nitrogens with one attached hydrogen (secondary N) is 1. The molecule has 0 unspecified atom stereocenters. The van der Waals surface area contributed by atoms with Crippen LogP contribution in [0.25, 0.3) is 5.82 Å². The first-order valence-corrected chi connectivity index (χ1v) is 7.24. The lowest BCUT2D eigenvalue weighted by Gasteiger charge is -2.07. The summed E-state index contributed by atoms with van der Waals surface area (Å²) in [5.74, 6) is 0.861. The van der Waals surface area contributed by atoms with Crippen LogP contribution < -0.4 is 5.32 Å². The van der Waals surface area contributed by atoms with E-state index in [1.54, 1.807) is 6.33 Å². The van der Waals surface area contributed by atoms with Gasteiger partial charge in [-0.25, -0.2) is 14.6 Å². The minimum Gasteiger partial charge on any atom is -0.319 e. The molecule has 0 saturated heterocycles. The van der Waals surface area contributed by atoms with E-state index in [0.29, 0.717) is 0 Å². The zero-order valence-corrected chi connectivity index (χ0v) is 12.8. The van der Waals surface area contributed by atoms with Crippen molar-refractivity contribution in [2.45, 2.75) is 40.0 Å². The van der Waals surface area contributed by atoms with E-state index in [9.17, 15) is 0 Å². The Hall–Kier alpha value is -1.75. The van der Waals surface area contributed by atoms with Gasteiger partial charge in [0.1, 0.15) is 6.33 Å². The van der Waals surface area contributed by atoms with Gasteiger partial charge >= 0.3 is 0 Å². The molecule has 0 radical (unpaired) electrons. The second kappa shape index (κ2) is 6.61. The third-order valence-electron chi connectivity index (χ3n) is 3.47. The van der Waals surface area contributed by atoms with Gasteiger partial charge in [-0.05, 0) is 45.3 Å². The van der Waals surface area contributed by atoms with Crippen molar-refractivity contribution in [1.29, 1.82) is 0 Å². The molecular formula is C15H23N5. The molecule has 1 N–H and O–H groups in total. The highest BCUT2D eigenvalue weighted by atomic mass is 15.3. The second-order valence-corrected chi connectivity index (χ2v) is 4.86. The summed E-state index contributed by atoms with van der Waals surface area (Å²) >= 11 is 0. The Morgan fingerprint density at radius 2 is 2.00 bits per heavy atom. The van der Waals surface area contributed by atoms with Crippen molar-refractivity contribution >= 4 is 0 Å². The number of nitrogens with zero attached hydrogens (tertiary/aromatic N) is 4. The molecule has 0 aliphatic heterocycles. The molecule has 2 rings (SSSR count). The van der Waals surface area contributed by atoms with Crippen molar-refractivity contribution in [2.75, 3.05) is 13.6 Å². The molecule has 0 aromatic carbocycles. The molecule has 2 aromatic rings. The van der Waals surface area contributed by atoms with Crippen molar-refractivity contribution in [1.82, 2.24) is 25.1 Å². The predicted octanol–water partition coefficient (Wildman–Crippen LogP) is 1.86. The van der Waals surface area contributed by atoms with Gasteiger partial charge in [0.25, 0.3) is 0 Å². The molecule has 0 bridgehead atoms. The van der Waals surface area contributed by atoms with Crippen LogP contribution in [0, 0.1) is 6.92 Å². The third-order valence-corrected chi connectivity index (χ3v) is 3.47. The number of hydrogen-bond donors (Lipinski definition) is 1. The average Bonchev–Trinajstić information content (AvgIpc) is 2.82. The maximum atomic E-state index is 4.76. The molecule has 108 valence electrons. The van der Waals surface area contributed by atoms with Crippen LogP contribution in [0.2, 0.25) is 0 Å². The Bertz CT molecular complexity index is 574. The van der Waals surface area contributed by atoms with Crippen LogP contribution in [0.1, 0.15) is 36.5 Å². The van der Waals surface area contributed by atoms with Crippen LogP contribution in [-0.2, 0) is 19.3 Å². The summed E-state index contributed by atoms with van der Waals surface area (Å²) in [7, 11) is 1.98. The first-order chi connectivity index (χ1) is 9.71. The Labute approximate surface area is 120 Å². The van der Waals surface area contributed by atoms with Gasteiger partial charge in [-0.2, -0.15) is 5.10 Å². The summed E-state index contributed by atoms with van der Waals surface area (Å²) in [6.45, 7) is 7.27. The van der Waals surface area contributed by atoms with Crippen LogP contribution >= 0.6 is 0 Å². The van der Waals surface area contributed by atoms with Gasteiger partial charge in [0.15, 0.2) is 5.82 Å². The fourth-order valence-corrected chi connectivity index (χ4v) is 2.47. The number of aryl methyl sites for hydroxylation is 2. The SMILES string of the molecule is CCc1nn(-c2cc(C)ncn2)c(CC)c1CCNC. The smallest absolute Gasteiger partial charge is 0.157 e. The third kappa shape index (κ3) is 2.88. The van der Waals surface area contributed by atoms with Crippen molar-refractivity contribution in [3.63, 3.8) is 0 Å². The van der Waals surface area contributed by atoms with Gasteiger partial charge in [0, 0.05) is 17.5 Å². The van der Waals surface area contributed by atoms with Gasteiger partial charge in [-0.1, -0.05) is 13.8 Å². The quantitative estimate of drug-likeness (QED) is 0.873. The molecule has 20 heavy (non-hydrogen) atoms. The van der Waals surface area contributed by atoms with Gasteiger partial charge in [0.05, 0.1) is 5.69 Å². The minimum absolute atomic E-state index is 0.861. The molecule has 5 heteroatoms. The maximum absolute atomic E-state index is 4.76. The molecule has 0 aliphatic rings. The summed E-state index contributed by atoms with van der Waals surface area (Å²) in [5.41, 5.74) is 4.76. The molecule has 0 atom stereocenters. The second-order valence-electron chi connectivity index (χ2n) is 4.86. The van der Waals surface area contributed by atoms with E-state index < -0.39 is 0 Å². The topological polar surface area (TPSA) is 55.6 Å². The van der Waals surface area contributed by atoms with E-state index >= 15 is 0 Å². The molecule has 2 heterocycles. The Kier molecular flexibility index (Phi) is 4.84. The van der Waals surface area contributed by atoms with Gasteiger partial charge in [-0.3, -0.25) is 0 Å². The summed E-state index contributed by atoms with van der Waals surface area (Å²) in [6, 6.07) is 1.98. The molecule has 2 aromatic heterocycles. The average molecular weight is 273 g/mol. The molecule has 0 amide bonds. The van der Waals surface area contributed by atoms with Crippen molar-refractivity contribution in [2.24, 2.45) is 0 Å². The fraction of sp³-hybridized carbons (Fsp3) is 0.533. The van der Waals surface area contributed by atoms with E-state index in [1.807, 2.05) is 24.7 Å². The molecule has 0 spiro atoms. The summed E-state index contributed by atoms with van der Waals surface area (Å²) in [4.78, 5) is 8.52. The zero-order chi connectivity index (χ0) is 14.5. The van der Waals surface area contributed by atoms with Crippen molar-refractivity contribution in [3.8, 4) is 5.82 Å². The summed E-state index contributed by atoms with van der Waals surface area (Å²) in [6.07, 6.45) is 4.51. The van der Waals surface area contributed by atoms with Crippen LogP contribution in [0.4, 0.5) is 0 Å². The van der Waals surface area contributed by atoms with E-state index in [2.05, 4.69) is 29.1 Å². The van der Waals surface area contributed by atoms with E-state index in [1.165, 1.54) is 17.0 Å². The van der Waals surface area contributed by atoms with Crippen molar-refractivity contribution in [3.05, 3.63) is 35.0 Å². The first kappa shape index (κ1) is 14.7. The monoisotopic (exact) mass is 273 g/mol. The lowest BCUT2D eigenvalue weighted by Crippen LogP contribution is -2.12. The van der Waals surface area contributed by atoms with Crippen LogP contribution in [0.15, 0.2) is 12.4 Å². The molecule has 0 saturated carbocycles. The lowest BCUT2D eigenvalue weighted by molar-refractivity contribution is 0.758. The molecule has 0 fully saturated rings. The highest BCUT2D eigenvalue weighted by molar-refractivity contribution is 5.34. The number of rotatable bonds is 6. The predicted molar refractivity (Wildman–Crippen MR) is 80.3 cm³/mol. The van der Waals surface area contributed by atoms with E-state index in [4.69, 9.17) is 5.10 Å². The van der Waals surface area contributed by atoms with Gasteiger partial charge < -0.3 is 5.32 Å². The van der Waals surface area contributed by atoms with Crippen LogP contribution in [-0.4, -0.2) is 33.3 Å². The van der Waals surface area contributed by atoms with Gasteiger partial charge in [0.2, 0.25) is 0 Å². The molecule has 5 nitrogen and oxygen atoms in total. The fourth-order valence-electron chi connectivity index (χ4n) is 2.47. The van der Waals surface area contributed by atoms with E-state index in [-0.39, 0.29) is 0 Å². The molecular weight excluding hydrogens is 250 g/mol. The minimum atomic E-state index is 0.861. The Morgan fingerprint density at radius 3 is 2.60 bits per heavy atom. The Morgan fingerprint density at radius 1 is 1.20 bits per heavy atom. The maximum Gasteiger partial charge on any atom is 0.157 e. The van der Waals surface area contributed by atoms with Crippen molar-refractivity contribution < 1.29 is 0 Å². The van der Waals surface area contributed by atoms with Crippen LogP contribution in [0.5, 0.6) is 0 Å². The number of aromatic nitrogens is 4. The largest absolute Gasteiger partial charge is 0.319 e. The highest BCUT2D eigenvalue weighted by Crippen LogP contribution is 2.20.